The number of hydrogen-bond donors (Lipinski definition) is 1. The van der Waals surface area contributed by atoms with E-state index in [4.69, 9.17) is 0 Å². The lowest BCUT2D eigenvalue weighted by atomic mass is 9.98. The van der Waals surface area contributed by atoms with Gasteiger partial charge in [0.05, 0.1) is 5.56 Å². The fourth-order valence-electron chi connectivity index (χ4n) is 3.16. The van der Waals surface area contributed by atoms with E-state index in [-0.39, 0.29) is 5.91 Å². The molecule has 2 heterocycles. The van der Waals surface area contributed by atoms with E-state index in [0.29, 0.717) is 18.5 Å². The van der Waals surface area contributed by atoms with Crippen LogP contribution in [0.1, 0.15) is 48.4 Å². The van der Waals surface area contributed by atoms with Crippen LogP contribution < -0.4 is 0 Å². The zero-order chi connectivity index (χ0) is 15.1. The summed E-state index contributed by atoms with van der Waals surface area (Å²) in [7, 11) is 0. The van der Waals surface area contributed by atoms with Crippen LogP contribution in [0.25, 0.3) is 0 Å². The van der Waals surface area contributed by atoms with Crippen molar-refractivity contribution >= 4 is 11.9 Å². The SMILES string of the molecule is CCn1c(C)cc(C(=O)N2CCCC2(C)C(=O)O)c1C. The third-order valence-electron chi connectivity index (χ3n) is 4.47. The highest BCUT2D eigenvalue weighted by Crippen LogP contribution is 2.31. The van der Waals surface area contributed by atoms with Crippen LogP contribution in [-0.2, 0) is 11.3 Å². The molecular weight excluding hydrogens is 256 g/mol. The maximum absolute atomic E-state index is 12.7. The smallest absolute Gasteiger partial charge is 0.329 e. The summed E-state index contributed by atoms with van der Waals surface area (Å²) in [6.07, 6.45) is 1.25. The minimum Gasteiger partial charge on any atom is -0.480 e. The fourth-order valence-corrected chi connectivity index (χ4v) is 3.16. The highest BCUT2D eigenvalue weighted by atomic mass is 16.4. The third-order valence-corrected chi connectivity index (χ3v) is 4.47. The molecule has 0 aliphatic carbocycles. The van der Waals surface area contributed by atoms with Crippen LogP contribution in [0, 0.1) is 13.8 Å². The Labute approximate surface area is 119 Å². The molecule has 0 spiro atoms. The molecule has 2 rings (SSSR count). The predicted molar refractivity (Wildman–Crippen MR) is 75.9 cm³/mol. The lowest BCUT2D eigenvalue weighted by molar-refractivity contribution is -0.147. The molecule has 1 aliphatic rings. The fraction of sp³-hybridized carbons (Fsp3) is 0.600. The number of aliphatic carboxylic acids is 1. The molecule has 1 fully saturated rings. The first kappa shape index (κ1) is 14.6. The van der Waals surface area contributed by atoms with Crippen LogP contribution >= 0.6 is 0 Å². The maximum atomic E-state index is 12.7. The Morgan fingerprint density at radius 3 is 2.55 bits per heavy atom. The van der Waals surface area contributed by atoms with E-state index < -0.39 is 11.5 Å². The van der Waals surface area contributed by atoms with Crippen LogP contribution in [0.4, 0.5) is 0 Å². The topological polar surface area (TPSA) is 62.5 Å². The molecule has 1 aliphatic heterocycles. The summed E-state index contributed by atoms with van der Waals surface area (Å²) in [6, 6.07) is 1.86. The highest BCUT2D eigenvalue weighted by Gasteiger charge is 2.46. The number of carboxylic acid groups (broad SMARTS) is 1. The minimum absolute atomic E-state index is 0.166. The summed E-state index contributed by atoms with van der Waals surface area (Å²) in [5.41, 5.74) is 1.49. The van der Waals surface area contributed by atoms with Crippen molar-refractivity contribution in [1.29, 1.82) is 0 Å². The molecule has 0 bridgehead atoms. The standard InChI is InChI=1S/C15H22N2O3/c1-5-16-10(2)9-12(11(16)3)13(18)17-8-6-7-15(17,4)14(19)20/h9H,5-8H2,1-4H3,(H,19,20). The van der Waals surface area contributed by atoms with Gasteiger partial charge in [-0.05, 0) is 46.6 Å². The largest absolute Gasteiger partial charge is 0.480 e. The Morgan fingerprint density at radius 2 is 2.05 bits per heavy atom. The zero-order valence-corrected chi connectivity index (χ0v) is 12.6. The number of likely N-dealkylation sites (tertiary alicyclic amines) is 1. The van der Waals surface area contributed by atoms with Crippen LogP contribution in [0.15, 0.2) is 6.07 Å². The minimum atomic E-state index is -1.08. The summed E-state index contributed by atoms with van der Waals surface area (Å²) in [4.78, 5) is 25.7. The van der Waals surface area contributed by atoms with Crippen molar-refractivity contribution in [3.05, 3.63) is 23.0 Å². The van der Waals surface area contributed by atoms with Gasteiger partial charge in [-0.1, -0.05) is 0 Å². The average molecular weight is 278 g/mol. The van der Waals surface area contributed by atoms with Gasteiger partial charge in [-0.15, -0.1) is 0 Å². The van der Waals surface area contributed by atoms with Crippen molar-refractivity contribution in [2.45, 2.75) is 52.6 Å². The number of carboxylic acids is 1. The molecular formula is C15H22N2O3. The molecule has 0 saturated carbocycles. The number of nitrogens with zero attached hydrogens (tertiary/aromatic N) is 2. The summed E-state index contributed by atoms with van der Waals surface area (Å²) < 4.78 is 2.07. The molecule has 1 unspecified atom stereocenters. The molecule has 110 valence electrons. The first-order valence-corrected chi connectivity index (χ1v) is 7.05. The van der Waals surface area contributed by atoms with Gasteiger partial charge < -0.3 is 14.6 Å². The number of amides is 1. The number of rotatable bonds is 3. The van der Waals surface area contributed by atoms with Crippen LogP contribution in [0.2, 0.25) is 0 Å². The Hall–Kier alpha value is -1.78. The molecule has 0 radical (unpaired) electrons. The number of aromatic nitrogens is 1. The van der Waals surface area contributed by atoms with E-state index >= 15 is 0 Å². The Bertz CT molecular complexity index is 562. The average Bonchev–Trinajstić information content (AvgIpc) is 2.91. The van der Waals surface area contributed by atoms with Gasteiger partial charge in [0.25, 0.3) is 5.91 Å². The molecule has 1 saturated heterocycles. The summed E-state index contributed by atoms with van der Waals surface area (Å²) in [6.45, 7) is 8.87. The first-order chi connectivity index (χ1) is 9.32. The third kappa shape index (κ3) is 2.01. The summed E-state index contributed by atoms with van der Waals surface area (Å²) in [5, 5.41) is 9.41. The zero-order valence-electron chi connectivity index (χ0n) is 12.6. The van der Waals surface area contributed by atoms with Crippen molar-refractivity contribution in [3.63, 3.8) is 0 Å². The molecule has 5 nitrogen and oxygen atoms in total. The predicted octanol–water partition coefficient (Wildman–Crippen LogP) is 2.20. The second kappa shape index (κ2) is 4.96. The van der Waals surface area contributed by atoms with Gasteiger partial charge in [-0.2, -0.15) is 0 Å². The molecule has 1 N–H and O–H groups in total. The molecule has 0 aromatic carbocycles. The van der Waals surface area contributed by atoms with Crippen LogP contribution in [-0.4, -0.2) is 38.5 Å². The van der Waals surface area contributed by atoms with E-state index in [1.807, 2.05) is 26.8 Å². The Kier molecular flexibility index (Phi) is 3.63. The summed E-state index contributed by atoms with van der Waals surface area (Å²) >= 11 is 0. The van der Waals surface area contributed by atoms with E-state index in [1.54, 1.807) is 6.92 Å². The summed E-state index contributed by atoms with van der Waals surface area (Å²) in [5.74, 6) is -1.09. The molecule has 5 heteroatoms. The van der Waals surface area contributed by atoms with E-state index in [0.717, 1.165) is 24.4 Å². The highest BCUT2D eigenvalue weighted by molar-refractivity contribution is 5.99. The normalized spacial score (nSPS) is 22.3. The van der Waals surface area contributed by atoms with Gasteiger partial charge in [0.15, 0.2) is 0 Å². The van der Waals surface area contributed by atoms with Crippen molar-refractivity contribution < 1.29 is 14.7 Å². The van der Waals surface area contributed by atoms with E-state index in [9.17, 15) is 14.7 Å². The number of hydrogen-bond acceptors (Lipinski definition) is 2. The van der Waals surface area contributed by atoms with Crippen molar-refractivity contribution in [3.8, 4) is 0 Å². The van der Waals surface area contributed by atoms with Crippen molar-refractivity contribution in [2.24, 2.45) is 0 Å². The lowest BCUT2D eigenvalue weighted by Crippen LogP contribution is -2.50. The van der Waals surface area contributed by atoms with Gasteiger partial charge in [-0.25, -0.2) is 4.79 Å². The van der Waals surface area contributed by atoms with Gasteiger partial charge in [0.1, 0.15) is 5.54 Å². The molecule has 20 heavy (non-hydrogen) atoms. The first-order valence-electron chi connectivity index (χ1n) is 7.05. The Morgan fingerprint density at radius 1 is 1.40 bits per heavy atom. The van der Waals surface area contributed by atoms with Crippen LogP contribution in [0.5, 0.6) is 0 Å². The lowest BCUT2D eigenvalue weighted by Gasteiger charge is -2.31. The monoisotopic (exact) mass is 278 g/mol. The second-order valence-corrected chi connectivity index (χ2v) is 5.67. The number of carbonyl (C=O) groups is 2. The van der Waals surface area contributed by atoms with Gasteiger partial charge in [0, 0.05) is 24.5 Å². The van der Waals surface area contributed by atoms with Crippen molar-refractivity contribution in [2.75, 3.05) is 6.54 Å². The van der Waals surface area contributed by atoms with Gasteiger partial charge in [0.2, 0.25) is 0 Å². The van der Waals surface area contributed by atoms with Crippen molar-refractivity contribution in [1.82, 2.24) is 9.47 Å². The Balaban J connectivity index is 2.39. The van der Waals surface area contributed by atoms with Gasteiger partial charge in [-0.3, -0.25) is 4.79 Å². The molecule has 1 atom stereocenters. The molecule has 1 amide bonds. The maximum Gasteiger partial charge on any atom is 0.329 e. The van der Waals surface area contributed by atoms with E-state index in [1.165, 1.54) is 4.90 Å². The van der Waals surface area contributed by atoms with Crippen LogP contribution in [0.3, 0.4) is 0 Å². The van der Waals surface area contributed by atoms with E-state index in [2.05, 4.69) is 4.57 Å². The molecule has 1 aromatic rings. The number of aryl methyl sites for hydroxylation is 1. The second-order valence-electron chi connectivity index (χ2n) is 5.67. The van der Waals surface area contributed by atoms with Gasteiger partial charge >= 0.3 is 5.97 Å². The quantitative estimate of drug-likeness (QED) is 0.922. The molecule has 1 aromatic heterocycles. The number of carbonyl (C=O) groups excluding carboxylic acids is 1.